The van der Waals surface area contributed by atoms with Crippen LogP contribution in [0.5, 0.6) is 5.75 Å². The summed E-state index contributed by atoms with van der Waals surface area (Å²) in [6.07, 6.45) is 0. The summed E-state index contributed by atoms with van der Waals surface area (Å²) in [5, 5.41) is 9.19. The van der Waals surface area contributed by atoms with Crippen molar-refractivity contribution in [1.29, 1.82) is 5.26 Å². The smallest absolute Gasteiger partial charge is 0.222 e. The molecule has 0 radical (unpaired) electrons. The molecule has 2 heterocycles. The number of nitrogen functional groups attached to an aromatic ring is 1. The van der Waals surface area contributed by atoms with Crippen LogP contribution < -0.4 is 15.4 Å². The van der Waals surface area contributed by atoms with E-state index in [1.54, 1.807) is 19.1 Å². The molecule has 1 unspecified atom stereocenters. The van der Waals surface area contributed by atoms with Gasteiger partial charge in [0.15, 0.2) is 0 Å². The summed E-state index contributed by atoms with van der Waals surface area (Å²) in [5.41, 5.74) is 6.78. The molecule has 1 fully saturated rings. The zero-order chi connectivity index (χ0) is 20.3. The first-order valence-corrected chi connectivity index (χ1v) is 9.30. The van der Waals surface area contributed by atoms with Gasteiger partial charge in [0.1, 0.15) is 29.0 Å². The number of hydrogen-bond acceptors (Lipinski definition) is 7. The van der Waals surface area contributed by atoms with Crippen LogP contribution in [0.3, 0.4) is 0 Å². The van der Waals surface area contributed by atoms with E-state index in [0.29, 0.717) is 49.4 Å². The van der Waals surface area contributed by atoms with Gasteiger partial charge < -0.3 is 20.1 Å². The molecular formula is C20H24FN5O2. The highest BCUT2D eigenvalue weighted by molar-refractivity contribution is 5.68. The standard InChI is InChI=1S/C20H24FN5O2/c1-4-28-18-8-13(7-15(21)14(18)10-22)16-9-19(25-20(23)24-16)26-5-6-27-11-17(26)12(2)3/h7-9,12,17H,4-6,11H2,1-3H3,(H2,23,24,25). The summed E-state index contributed by atoms with van der Waals surface area (Å²) in [6, 6.07) is 6.66. The molecule has 1 aromatic heterocycles. The lowest BCUT2D eigenvalue weighted by Gasteiger charge is -2.39. The number of nitriles is 1. The molecule has 0 aliphatic carbocycles. The maximum atomic E-state index is 14.4. The van der Waals surface area contributed by atoms with Gasteiger partial charge in [-0.25, -0.2) is 9.37 Å². The molecule has 8 heteroatoms. The predicted octanol–water partition coefficient (Wildman–Crippen LogP) is 3.00. The van der Waals surface area contributed by atoms with Crippen LogP contribution in [0.25, 0.3) is 11.3 Å². The highest BCUT2D eigenvalue weighted by Crippen LogP contribution is 2.31. The summed E-state index contributed by atoms with van der Waals surface area (Å²) in [4.78, 5) is 10.8. The molecule has 1 aliphatic rings. The summed E-state index contributed by atoms with van der Waals surface area (Å²) in [7, 11) is 0. The first-order valence-electron chi connectivity index (χ1n) is 9.30. The number of anilines is 2. The highest BCUT2D eigenvalue weighted by Gasteiger charge is 2.27. The normalized spacial score (nSPS) is 16.9. The van der Waals surface area contributed by atoms with Gasteiger partial charge >= 0.3 is 0 Å². The van der Waals surface area contributed by atoms with Crippen molar-refractivity contribution in [3.8, 4) is 23.1 Å². The van der Waals surface area contributed by atoms with Crippen molar-refractivity contribution in [1.82, 2.24) is 9.97 Å². The number of halogens is 1. The Morgan fingerprint density at radius 2 is 2.18 bits per heavy atom. The first-order chi connectivity index (χ1) is 13.4. The summed E-state index contributed by atoms with van der Waals surface area (Å²) in [5.74, 6) is 0.659. The largest absolute Gasteiger partial charge is 0.492 e. The van der Waals surface area contributed by atoms with Crippen LogP contribution in [0.15, 0.2) is 18.2 Å². The summed E-state index contributed by atoms with van der Waals surface area (Å²) < 4.78 is 25.5. The van der Waals surface area contributed by atoms with Crippen LogP contribution in [0.2, 0.25) is 0 Å². The maximum Gasteiger partial charge on any atom is 0.222 e. The average Bonchev–Trinajstić information content (AvgIpc) is 2.67. The van der Waals surface area contributed by atoms with Crippen molar-refractivity contribution in [2.24, 2.45) is 5.92 Å². The summed E-state index contributed by atoms with van der Waals surface area (Å²) >= 11 is 0. The number of nitrogens with two attached hydrogens (primary N) is 1. The Morgan fingerprint density at radius 3 is 2.86 bits per heavy atom. The van der Waals surface area contributed by atoms with Gasteiger partial charge in [-0.1, -0.05) is 13.8 Å². The van der Waals surface area contributed by atoms with Gasteiger partial charge in [-0.05, 0) is 25.0 Å². The van der Waals surface area contributed by atoms with E-state index in [1.807, 2.05) is 6.07 Å². The van der Waals surface area contributed by atoms with E-state index < -0.39 is 5.82 Å². The Balaban J connectivity index is 2.06. The molecule has 2 N–H and O–H groups in total. The molecule has 0 spiro atoms. The monoisotopic (exact) mass is 385 g/mol. The molecule has 0 bridgehead atoms. The SMILES string of the molecule is CCOc1cc(-c2cc(N3CCOCC3C(C)C)nc(N)n2)cc(F)c1C#N. The first kappa shape index (κ1) is 19.8. The van der Waals surface area contributed by atoms with Gasteiger partial charge in [-0.2, -0.15) is 10.2 Å². The van der Waals surface area contributed by atoms with Gasteiger partial charge in [-0.3, -0.25) is 0 Å². The lowest BCUT2D eigenvalue weighted by Crippen LogP contribution is -2.48. The van der Waals surface area contributed by atoms with Crippen LogP contribution in [0.1, 0.15) is 26.3 Å². The number of hydrogen-bond donors (Lipinski definition) is 1. The van der Waals surface area contributed by atoms with E-state index in [0.717, 1.165) is 0 Å². The van der Waals surface area contributed by atoms with Gasteiger partial charge in [0.25, 0.3) is 0 Å². The number of ether oxygens (including phenoxy) is 2. The third-order valence-corrected chi connectivity index (χ3v) is 4.72. The fraction of sp³-hybridized carbons (Fsp3) is 0.450. The zero-order valence-electron chi connectivity index (χ0n) is 16.3. The maximum absolute atomic E-state index is 14.4. The Bertz CT molecular complexity index is 897. The number of morpholine rings is 1. The van der Waals surface area contributed by atoms with Crippen LogP contribution in [-0.2, 0) is 4.74 Å². The molecule has 148 valence electrons. The van der Waals surface area contributed by atoms with Crippen LogP contribution in [-0.4, -0.2) is 42.4 Å². The molecule has 1 saturated heterocycles. The fourth-order valence-corrected chi connectivity index (χ4v) is 3.31. The topological polar surface area (TPSA) is 97.3 Å². The molecule has 7 nitrogen and oxygen atoms in total. The van der Waals surface area contributed by atoms with E-state index >= 15 is 0 Å². The lowest BCUT2D eigenvalue weighted by atomic mass is 10.0. The molecule has 0 saturated carbocycles. The van der Waals surface area contributed by atoms with Gasteiger partial charge in [0.2, 0.25) is 5.95 Å². The molecular weight excluding hydrogens is 361 g/mol. The van der Waals surface area contributed by atoms with Gasteiger partial charge in [0, 0.05) is 18.2 Å². The van der Waals surface area contributed by atoms with E-state index in [-0.39, 0.29) is 23.3 Å². The number of aromatic nitrogens is 2. The Kier molecular flexibility index (Phi) is 5.95. The average molecular weight is 385 g/mol. The Labute approximate surface area is 163 Å². The predicted molar refractivity (Wildman–Crippen MR) is 105 cm³/mol. The minimum atomic E-state index is -0.659. The van der Waals surface area contributed by atoms with Crippen molar-refractivity contribution >= 4 is 11.8 Å². The molecule has 3 rings (SSSR count). The second-order valence-corrected chi connectivity index (χ2v) is 6.93. The van der Waals surface area contributed by atoms with E-state index in [9.17, 15) is 9.65 Å². The number of benzene rings is 1. The lowest BCUT2D eigenvalue weighted by molar-refractivity contribution is 0.0802. The van der Waals surface area contributed by atoms with Crippen molar-refractivity contribution in [2.45, 2.75) is 26.8 Å². The molecule has 0 amide bonds. The fourth-order valence-electron chi connectivity index (χ4n) is 3.31. The van der Waals surface area contributed by atoms with E-state index in [2.05, 4.69) is 28.7 Å². The van der Waals surface area contributed by atoms with Crippen molar-refractivity contribution in [3.63, 3.8) is 0 Å². The van der Waals surface area contributed by atoms with Crippen LogP contribution >= 0.6 is 0 Å². The molecule has 2 aromatic rings. The van der Waals surface area contributed by atoms with Crippen molar-refractivity contribution in [2.75, 3.05) is 37.0 Å². The van der Waals surface area contributed by atoms with Crippen molar-refractivity contribution < 1.29 is 13.9 Å². The molecule has 1 atom stereocenters. The second kappa shape index (κ2) is 8.40. The Morgan fingerprint density at radius 1 is 1.39 bits per heavy atom. The van der Waals surface area contributed by atoms with E-state index in [1.165, 1.54) is 6.07 Å². The van der Waals surface area contributed by atoms with Gasteiger partial charge in [-0.15, -0.1) is 0 Å². The van der Waals surface area contributed by atoms with E-state index in [4.69, 9.17) is 15.2 Å². The number of nitrogens with zero attached hydrogens (tertiary/aromatic N) is 4. The Hall–Kier alpha value is -2.92. The minimum Gasteiger partial charge on any atom is -0.492 e. The highest BCUT2D eigenvalue weighted by atomic mass is 19.1. The zero-order valence-corrected chi connectivity index (χ0v) is 16.3. The number of rotatable bonds is 5. The molecule has 1 aromatic carbocycles. The third-order valence-electron chi connectivity index (χ3n) is 4.72. The third kappa shape index (κ3) is 3.99. The minimum absolute atomic E-state index is 0.101. The molecule has 28 heavy (non-hydrogen) atoms. The quantitative estimate of drug-likeness (QED) is 0.845. The second-order valence-electron chi connectivity index (χ2n) is 6.93. The van der Waals surface area contributed by atoms with Gasteiger partial charge in [0.05, 0.1) is 31.6 Å². The van der Waals surface area contributed by atoms with Crippen LogP contribution in [0.4, 0.5) is 16.2 Å². The van der Waals surface area contributed by atoms with Crippen LogP contribution in [0, 0.1) is 23.1 Å². The van der Waals surface area contributed by atoms with Crippen molar-refractivity contribution in [3.05, 3.63) is 29.6 Å². The molecule has 1 aliphatic heterocycles. The summed E-state index contributed by atoms with van der Waals surface area (Å²) in [6.45, 7) is 8.24.